The number of nitrogens with one attached hydrogen (secondary N) is 1. The van der Waals surface area contributed by atoms with Crippen molar-refractivity contribution in [3.05, 3.63) is 46.0 Å². The van der Waals surface area contributed by atoms with Gasteiger partial charge >= 0.3 is 5.97 Å². The Balaban J connectivity index is 2.22. The molecule has 0 spiro atoms. The Morgan fingerprint density at radius 2 is 2.30 bits per heavy atom. The van der Waals surface area contributed by atoms with E-state index in [-0.39, 0.29) is 23.5 Å². The number of aromatic carboxylic acids is 1. The van der Waals surface area contributed by atoms with Gasteiger partial charge < -0.3 is 10.4 Å². The van der Waals surface area contributed by atoms with Crippen LogP contribution in [-0.2, 0) is 13.6 Å². The fourth-order valence-electron chi connectivity index (χ4n) is 1.60. The molecule has 2 aromatic rings. The highest BCUT2D eigenvalue weighted by molar-refractivity contribution is 5.89. The zero-order valence-electron chi connectivity index (χ0n) is 10.5. The molecule has 2 N–H and O–H groups in total. The van der Waals surface area contributed by atoms with Crippen molar-refractivity contribution >= 4 is 17.3 Å². The van der Waals surface area contributed by atoms with Gasteiger partial charge in [0.15, 0.2) is 5.82 Å². The molecule has 0 amide bonds. The molecule has 0 aliphatic heterocycles. The molecule has 0 aliphatic carbocycles. The second-order valence-electron chi connectivity index (χ2n) is 3.98. The van der Waals surface area contributed by atoms with E-state index in [1.807, 2.05) is 0 Å². The van der Waals surface area contributed by atoms with E-state index >= 15 is 0 Å². The van der Waals surface area contributed by atoms with Gasteiger partial charge in [-0.05, 0) is 12.1 Å². The van der Waals surface area contributed by atoms with Gasteiger partial charge in [-0.2, -0.15) is 5.10 Å². The highest BCUT2D eigenvalue weighted by Gasteiger charge is 2.17. The molecule has 1 heterocycles. The van der Waals surface area contributed by atoms with Gasteiger partial charge in [0.1, 0.15) is 12.0 Å². The van der Waals surface area contributed by atoms with Crippen molar-refractivity contribution < 1.29 is 14.8 Å². The maximum atomic E-state index is 10.9. The van der Waals surface area contributed by atoms with Crippen LogP contribution < -0.4 is 5.32 Å². The van der Waals surface area contributed by atoms with Crippen LogP contribution in [-0.4, -0.2) is 30.8 Å². The molecule has 104 valence electrons. The first-order valence-corrected chi connectivity index (χ1v) is 5.57. The summed E-state index contributed by atoms with van der Waals surface area (Å²) in [5, 5.41) is 26.6. The minimum Gasteiger partial charge on any atom is -0.478 e. The van der Waals surface area contributed by atoms with Gasteiger partial charge in [-0.3, -0.25) is 14.8 Å². The molecule has 2 rings (SSSR count). The lowest BCUT2D eigenvalue weighted by molar-refractivity contribution is -0.384. The lowest BCUT2D eigenvalue weighted by atomic mass is 10.1. The third-order valence-corrected chi connectivity index (χ3v) is 2.53. The Morgan fingerprint density at radius 3 is 2.85 bits per heavy atom. The molecule has 1 aromatic heterocycles. The number of carboxylic acid groups (broad SMARTS) is 1. The van der Waals surface area contributed by atoms with Crippen LogP contribution >= 0.6 is 0 Å². The maximum Gasteiger partial charge on any atom is 0.335 e. The van der Waals surface area contributed by atoms with Crippen LogP contribution in [0.5, 0.6) is 0 Å². The van der Waals surface area contributed by atoms with E-state index < -0.39 is 10.9 Å². The molecule has 0 radical (unpaired) electrons. The van der Waals surface area contributed by atoms with Gasteiger partial charge in [0.05, 0.1) is 17.0 Å². The number of nitrogens with zero attached hydrogens (tertiary/aromatic N) is 4. The number of aromatic nitrogens is 3. The Labute approximate surface area is 113 Å². The molecule has 9 nitrogen and oxygen atoms in total. The Morgan fingerprint density at radius 1 is 1.55 bits per heavy atom. The third kappa shape index (κ3) is 2.88. The summed E-state index contributed by atoms with van der Waals surface area (Å²) >= 11 is 0. The number of hydrogen-bond donors (Lipinski definition) is 2. The number of hydrogen-bond acceptors (Lipinski definition) is 6. The van der Waals surface area contributed by atoms with E-state index in [1.54, 1.807) is 7.05 Å². The lowest BCUT2D eigenvalue weighted by Gasteiger charge is -2.05. The van der Waals surface area contributed by atoms with Crippen LogP contribution in [0.25, 0.3) is 0 Å². The molecule has 0 unspecified atom stereocenters. The van der Waals surface area contributed by atoms with E-state index in [0.29, 0.717) is 5.82 Å². The van der Waals surface area contributed by atoms with Crippen molar-refractivity contribution in [1.29, 1.82) is 0 Å². The van der Waals surface area contributed by atoms with E-state index in [4.69, 9.17) is 5.11 Å². The first-order valence-electron chi connectivity index (χ1n) is 5.57. The van der Waals surface area contributed by atoms with Crippen molar-refractivity contribution in [3.8, 4) is 0 Å². The number of carbonyl (C=O) groups is 1. The number of nitro benzene ring substituents is 1. The number of carboxylic acids is 1. The molecule has 9 heteroatoms. The van der Waals surface area contributed by atoms with Crippen LogP contribution in [0.2, 0.25) is 0 Å². The molecular weight excluding hydrogens is 266 g/mol. The second-order valence-corrected chi connectivity index (χ2v) is 3.98. The van der Waals surface area contributed by atoms with Crippen LogP contribution in [0.15, 0.2) is 24.5 Å². The monoisotopic (exact) mass is 277 g/mol. The molecule has 0 bridgehead atoms. The summed E-state index contributed by atoms with van der Waals surface area (Å²) in [6, 6.07) is 3.66. The predicted molar refractivity (Wildman–Crippen MR) is 68.4 cm³/mol. The first-order chi connectivity index (χ1) is 9.47. The third-order valence-electron chi connectivity index (χ3n) is 2.53. The molecule has 0 fully saturated rings. The summed E-state index contributed by atoms with van der Waals surface area (Å²) in [5.41, 5.74) is -0.230. The Bertz CT molecular complexity index is 667. The molecule has 1 aromatic carbocycles. The van der Waals surface area contributed by atoms with Crippen LogP contribution in [0.3, 0.4) is 0 Å². The lowest BCUT2D eigenvalue weighted by Crippen LogP contribution is -2.06. The number of aryl methyl sites for hydroxylation is 1. The summed E-state index contributed by atoms with van der Waals surface area (Å²) in [5.74, 6) is -0.741. The van der Waals surface area contributed by atoms with Crippen LogP contribution in [0.1, 0.15) is 16.2 Å². The van der Waals surface area contributed by atoms with Gasteiger partial charge in [0, 0.05) is 13.1 Å². The van der Waals surface area contributed by atoms with Crippen molar-refractivity contribution in [2.75, 3.05) is 5.32 Å². The Hall–Kier alpha value is -2.97. The van der Waals surface area contributed by atoms with E-state index in [0.717, 1.165) is 6.07 Å². The van der Waals surface area contributed by atoms with Gasteiger partial charge in [-0.15, -0.1) is 0 Å². The fourth-order valence-corrected chi connectivity index (χ4v) is 1.60. The quantitative estimate of drug-likeness (QED) is 0.618. The Kier molecular flexibility index (Phi) is 3.60. The van der Waals surface area contributed by atoms with Crippen molar-refractivity contribution in [2.45, 2.75) is 6.54 Å². The highest BCUT2D eigenvalue weighted by atomic mass is 16.6. The summed E-state index contributed by atoms with van der Waals surface area (Å²) in [6.45, 7) is 0.202. The normalized spacial score (nSPS) is 10.2. The number of anilines is 1. The van der Waals surface area contributed by atoms with E-state index in [2.05, 4.69) is 15.4 Å². The first kappa shape index (κ1) is 13.5. The van der Waals surface area contributed by atoms with Crippen LogP contribution in [0, 0.1) is 10.1 Å². The maximum absolute atomic E-state index is 10.9. The number of nitro groups is 1. The molecule has 0 saturated carbocycles. The second kappa shape index (κ2) is 5.34. The van der Waals surface area contributed by atoms with Crippen molar-refractivity contribution in [3.63, 3.8) is 0 Å². The van der Waals surface area contributed by atoms with Gasteiger partial charge in [0.2, 0.25) is 0 Å². The topological polar surface area (TPSA) is 123 Å². The smallest absolute Gasteiger partial charge is 0.335 e. The predicted octanol–water partition coefficient (Wildman–Crippen LogP) is 1.03. The van der Waals surface area contributed by atoms with Gasteiger partial charge in [0.25, 0.3) is 5.69 Å². The molecule has 0 saturated heterocycles. The summed E-state index contributed by atoms with van der Waals surface area (Å²) < 4.78 is 1.51. The van der Waals surface area contributed by atoms with Gasteiger partial charge in [-0.1, -0.05) is 0 Å². The highest BCUT2D eigenvalue weighted by Crippen LogP contribution is 2.25. The van der Waals surface area contributed by atoms with E-state index in [1.165, 1.54) is 23.1 Å². The standard InChI is InChI=1S/C11H11N5O4/c1-15-6-13-10(14-15)5-12-8-3-2-7(11(17)18)4-9(8)16(19)20/h2-4,6,12H,5H2,1H3,(H,17,18). The van der Waals surface area contributed by atoms with Crippen molar-refractivity contribution in [1.82, 2.24) is 14.8 Å². The van der Waals surface area contributed by atoms with Crippen molar-refractivity contribution in [2.24, 2.45) is 7.05 Å². The van der Waals surface area contributed by atoms with E-state index in [9.17, 15) is 14.9 Å². The largest absolute Gasteiger partial charge is 0.478 e. The summed E-state index contributed by atoms with van der Waals surface area (Å²) in [4.78, 5) is 25.1. The number of benzene rings is 1. The average Bonchev–Trinajstić information content (AvgIpc) is 2.81. The molecule has 20 heavy (non-hydrogen) atoms. The zero-order valence-corrected chi connectivity index (χ0v) is 10.5. The fraction of sp³-hybridized carbons (Fsp3) is 0.182. The number of rotatable bonds is 5. The summed E-state index contributed by atoms with van der Waals surface area (Å²) in [6.07, 6.45) is 1.51. The molecule has 0 aliphatic rings. The molecular formula is C11H11N5O4. The SMILES string of the molecule is Cn1cnc(CNc2ccc(C(=O)O)cc2[N+](=O)[O-])n1. The van der Waals surface area contributed by atoms with Gasteiger partial charge in [-0.25, -0.2) is 9.78 Å². The minimum absolute atomic E-state index is 0.141. The average molecular weight is 277 g/mol. The molecule has 0 atom stereocenters. The zero-order chi connectivity index (χ0) is 14.7. The summed E-state index contributed by atoms with van der Waals surface area (Å²) in [7, 11) is 1.71. The van der Waals surface area contributed by atoms with Crippen LogP contribution in [0.4, 0.5) is 11.4 Å². The minimum atomic E-state index is -1.22.